The molecule has 0 saturated carbocycles. The number of aromatic nitrogens is 1. The Balaban J connectivity index is 2.48. The highest BCUT2D eigenvalue weighted by Crippen LogP contribution is 2.28. The quantitative estimate of drug-likeness (QED) is 0.543. The molecule has 112 valence electrons. The average molecular weight is 288 g/mol. The van der Waals surface area contributed by atoms with E-state index in [1.54, 1.807) is 13.3 Å². The van der Waals surface area contributed by atoms with Crippen LogP contribution < -0.4 is 10.6 Å². The van der Waals surface area contributed by atoms with E-state index >= 15 is 0 Å². The summed E-state index contributed by atoms with van der Waals surface area (Å²) in [7, 11) is 3.40. The molecule has 2 rings (SSSR count). The fraction of sp³-hybridized carbons (Fsp3) is 0.333. The van der Waals surface area contributed by atoms with Gasteiger partial charge in [0.25, 0.3) is 0 Å². The molecule has 1 aromatic heterocycles. The number of fused-ring (bicyclic) bond motifs is 1. The van der Waals surface area contributed by atoms with Crippen LogP contribution in [0.2, 0.25) is 0 Å². The molecule has 0 radical (unpaired) electrons. The van der Waals surface area contributed by atoms with Gasteiger partial charge in [-0.3, -0.25) is 10.4 Å². The summed E-state index contributed by atoms with van der Waals surface area (Å²) in [6.07, 6.45) is 0.978. The minimum Gasteiger partial charge on any atom is -0.389 e. The van der Waals surface area contributed by atoms with E-state index in [1.165, 1.54) is 0 Å². The molecule has 0 aliphatic carbocycles. The summed E-state index contributed by atoms with van der Waals surface area (Å²) in [5, 5.41) is 18.5. The number of pyridine rings is 1. The molecule has 6 nitrogen and oxygen atoms in total. The third kappa shape index (κ3) is 3.29. The van der Waals surface area contributed by atoms with Gasteiger partial charge >= 0.3 is 0 Å². The van der Waals surface area contributed by atoms with E-state index in [2.05, 4.69) is 4.98 Å². The van der Waals surface area contributed by atoms with E-state index in [0.29, 0.717) is 12.1 Å². The van der Waals surface area contributed by atoms with Crippen LogP contribution in [0.15, 0.2) is 30.5 Å². The summed E-state index contributed by atoms with van der Waals surface area (Å²) in [5.74, 6) is -0.0451. The smallest absolute Gasteiger partial charge is 0.126 e. The van der Waals surface area contributed by atoms with Crippen molar-refractivity contribution in [2.75, 3.05) is 32.2 Å². The molecule has 0 spiro atoms. The number of hydrogen-bond donors (Lipinski definition) is 3. The van der Waals surface area contributed by atoms with Gasteiger partial charge in [0.2, 0.25) is 0 Å². The maximum absolute atomic E-state index is 9.92. The van der Waals surface area contributed by atoms with Gasteiger partial charge < -0.3 is 20.5 Å². The Kier molecular flexibility index (Phi) is 4.72. The first-order chi connectivity index (χ1) is 10.0. The van der Waals surface area contributed by atoms with Crippen LogP contribution in [0.4, 0.5) is 5.69 Å². The van der Waals surface area contributed by atoms with Crippen molar-refractivity contribution < 1.29 is 9.84 Å². The molecule has 0 amide bonds. The molecule has 1 heterocycles. The third-order valence-electron chi connectivity index (χ3n) is 3.26. The van der Waals surface area contributed by atoms with Crippen LogP contribution in [0.5, 0.6) is 0 Å². The number of amidine groups is 1. The molecule has 4 N–H and O–H groups in total. The van der Waals surface area contributed by atoms with Crippen LogP contribution in [0, 0.1) is 5.41 Å². The normalized spacial score (nSPS) is 12.3. The second kappa shape index (κ2) is 6.51. The Hall–Kier alpha value is -2.18. The molecule has 21 heavy (non-hydrogen) atoms. The molecule has 6 heteroatoms. The zero-order chi connectivity index (χ0) is 15.4. The largest absolute Gasteiger partial charge is 0.389 e. The lowest BCUT2D eigenvalue weighted by molar-refractivity contribution is 0.0695. The first-order valence-corrected chi connectivity index (χ1v) is 6.65. The molecular weight excluding hydrogens is 268 g/mol. The Morgan fingerprint density at radius 1 is 1.48 bits per heavy atom. The number of likely N-dealkylation sites (N-methyl/N-ethyl adjacent to an activating group) is 1. The van der Waals surface area contributed by atoms with E-state index in [-0.39, 0.29) is 12.4 Å². The van der Waals surface area contributed by atoms with E-state index in [4.69, 9.17) is 15.9 Å². The van der Waals surface area contributed by atoms with E-state index in [0.717, 1.165) is 16.6 Å². The van der Waals surface area contributed by atoms with Gasteiger partial charge in [0.1, 0.15) is 5.84 Å². The molecule has 0 saturated heterocycles. The molecule has 0 aliphatic heterocycles. The van der Waals surface area contributed by atoms with Gasteiger partial charge in [0, 0.05) is 32.3 Å². The van der Waals surface area contributed by atoms with Gasteiger partial charge in [-0.1, -0.05) is 18.2 Å². The number of nitrogens with two attached hydrogens (primary N) is 1. The number of anilines is 1. The van der Waals surface area contributed by atoms with Crippen molar-refractivity contribution in [2.24, 2.45) is 5.73 Å². The molecule has 1 aromatic carbocycles. The van der Waals surface area contributed by atoms with Crippen LogP contribution in [0.1, 0.15) is 5.56 Å². The molecule has 0 fully saturated rings. The number of aliphatic hydroxyl groups is 1. The lowest BCUT2D eigenvalue weighted by Crippen LogP contribution is -2.33. The lowest BCUT2D eigenvalue weighted by atomic mass is 10.1. The Bertz CT molecular complexity index is 645. The van der Waals surface area contributed by atoms with Crippen molar-refractivity contribution in [3.05, 3.63) is 36.0 Å². The Labute approximate surface area is 123 Å². The van der Waals surface area contributed by atoms with Crippen molar-refractivity contribution in [1.82, 2.24) is 4.98 Å². The monoisotopic (exact) mass is 288 g/mol. The van der Waals surface area contributed by atoms with E-state index in [9.17, 15) is 5.11 Å². The zero-order valence-corrected chi connectivity index (χ0v) is 12.2. The standard InChI is InChI=1S/C15H20N4O2/c1-19(8-10(20)9-21-2)14-11-5-3-4-6-13(11)18-7-12(14)15(16)17/h3-7,10,20H,8-9H2,1-2H3,(H3,16,17). The summed E-state index contributed by atoms with van der Waals surface area (Å²) in [5.41, 5.74) is 7.84. The van der Waals surface area contributed by atoms with Gasteiger partial charge in [-0.05, 0) is 6.07 Å². The maximum atomic E-state index is 9.92. The fourth-order valence-electron chi connectivity index (χ4n) is 2.39. The van der Waals surface area contributed by atoms with E-state index in [1.807, 2.05) is 36.2 Å². The highest BCUT2D eigenvalue weighted by atomic mass is 16.5. The number of rotatable bonds is 6. The molecule has 1 atom stereocenters. The highest BCUT2D eigenvalue weighted by molar-refractivity contribution is 6.07. The summed E-state index contributed by atoms with van der Waals surface area (Å²) in [4.78, 5) is 6.21. The van der Waals surface area contributed by atoms with Gasteiger partial charge in [-0.25, -0.2) is 0 Å². The van der Waals surface area contributed by atoms with Gasteiger partial charge in [0.05, 0.1) is 29.5 Å². The van der Waals surface area contributed by atoms with Crippen LogP contribution in [0.25, 0.3) is 10.9 Å². The molecule has 0 bridgehead atoms. The number of methoxy groups -OCH3 is 1. The van der Waals surface area contributed by atoms with Crippen LogP contribution >= 0.6 is 0 Å². The Morgan fingerprint density at radius 2 is 2.19 bits per heavy atom. The minimum atomic E-state index is -0.619. The summed E-state index contributed by atoms with van der Waals surface area (Å²) in [6, 6.07) is 7.66. The van der Waals surface area contributed by atoms with Gasteiger partial charge in [-0.2, -0.15) is 0 Å². The predicted octanol–water partition coefficient (Wildman–Crippen LogP) is 0.962. The topological polar surface area (TPSA) is 95.5 Å². The lowest BCUT2D eigenvalue weighted by Gasteiger charge is -2.25. The van der Waals surface area contributed by atoms with Crippen molar-refractivity contribution in [3.8, 4) is 0 Å². The second-order valence-electron chi connectivity index (χ2n) is 4.94. The van der Waals surface area contributed by atoms with Crippen molar-refractivity contribution in [3.63, 3.8) is 0 Å². The van der Waals surface area contributed by atoms with Crippen LogP contribution in [-0.2, 0) is 4.74 Å². The average Bonchev–Trinajstić information content (AvgIpc) is 2.45. The third-order valence-corrected chi connectivity index (χ3v) is 3.26. The number of hydrogen-bond acceptors (Lipinski definition) is 5. The van der Waals surface area contributed by atoms with Crippen molar-refractivity contribution >= 4 is 22.4 Å². The second-order valence-corrected chi connectivity index (χ2v) is 4.94. The van der Waals surface area contributed by atoms with Crippen molar-refractivity contribution in [2.45, 2.75) is 6.10 Å². The molecular formula is C15H20N4O2. The highest BCUT2D eigenvalue weighted by Gasteiger charge is 2.17. The van der Waals surface area contributed by atoms with Crippen LogP contribution in [-0.4, -0.2) is 49.3 Å². The number of nitrogens with one attached hydrogen (secondary N) is 1. The van der Waals surface area contributed by atoms with Crippen LogP contribution in [0.3, 0.4) is 0 Å². The van der Waals surface area contributed by atoms with Gasteiger partial charge in [-0.15, -0.1) is 0 Å². The SMILES string of the molecule is COCC(O)CN(C)c1c(C(=N)N)cnc2ccccc12. The maximum Gasteiger partial charge on any atom is 0.126 e. The van der Waals surface area contributed by atoms with Crippen molar-refractivity contribution in [1.29, 1.82) is 5.41 Å². The molecule has 0 aliphatic rings. The number of aliphatic hydroxyl groups excluding tert-OH is 1. The number of nitrogens with zero attached hydrogens (tertiary/aromatic N) is 2. The minimum absolute atomic E-state index is 0.0451. The summed E-state index contributed by atoms with van der Waals surface area (Å²) < 4.78 is 4.95. The first-order valence-electron chi connectivity index (χ1n) is 6.65. The Morgan fingerprint density at radius 3 is 2.86 bits per heavy atom. The predicted molar refractivity (Wildman–Crippen MR) is 83.9 cm³/mol. The van der Waals surface area contributed by atoms with Gasteiger partial charge in [0.15, 0.2) is 0 Å². The summed E-state index contributed by atoms with van der Waals surface area (Å²) in [6.45, 7) is 0.630. The summed E-state index contributed by atoms with van der Waals surface area (Å²) >= 11 is 0. The number of benzene rings is 1. The number of nitrogen functional groups attached to an aromatic ring is 1. The first kappa shape index (κ1) is 15.2. The number of ether oxygens (including phenoxy) is 1. The fourth-order valence-corrected chi connectivity index (χ4v) is 2.39. The number of para-hydroxylation sites is 1. The molecule has 1 unspecified atom stereocenters. The molecule has 2 aromatic rings. The zero-order valence-electron chi connectivity index (χ0n) is 12.2. The van der Waals surface area contributed by atoms with E-state index < -0.39 is 6.10 Å².